The van der Waals surface area contributed by atoms with Crippen molar-refractivity contribution in [3.63, 3.8) is 0 Å². The van der Waals surface area contributed by atoms with Gasteiger partial charge in [-0.15, -0.1) is 52.1 Å². The molecular formula is C6H8Cl4Si2. The Labute approximate surface area is 98.2 Å². The molecule has 0 atom stereocenters. The molecular weight excluding hydrogens is 270 g/mol. The van der Waals surface area contributed by atoms with E-state index in [1.165, 1.54) is 5.20 Å². The highest BCUT2D eigenvalue weighted by molar-refractivity contribution is 6.75. The number of rotatable bonds is 5. The summed E-state index contributed by atoms with van der Waals surface area (Å²) in [7, 11) is 0.895. The number of allylic oxidation sites excluding steroid dienone is 1. The van der Waals surface area contributed by atoms with E-state index in [2.05, 4.69) is 6.92 Å². The van der Waals surface area contributed by atoms with Crippen LogP contribution >= 0.6 is 46.4 Å². The van der Waals surface area contributed by atoms with Gasteiger partial charge in [0.1, 0.15) is 19.0 Å². The molecule has 0 aromatic rings. The van der Waals surface area contributed by atoms with Gasteiger partial charge in [-0.25, -0.2) is 0 Å². The van der Waals surface area contributed by atoms with E-state index in [-0.39, 0.29) is 8.92 Å². The summed E-state index contributed by atoms with van der Waals surface area (Å²) < 4.78 is -0.606. The van der Waals surface area contributed by atoms with Crippen LogP contribution in [-0.4, -0.2) is 28.0 Å². The molecule has 0 spiro atoms. The van der Waals surface area contributed by atoms with Gasteiger partial charge in [-0.05, 0) is 6.42 Å². The van der Waals surface area contributed by atoms with Crippen LogP contribution in [0.2, 0.25) is 0 Å². The first kappa shape index (κ1) is 13.3. The van der Waals surface area contributed by atoms with Crippen molar-refractivity contribution in [2.75, 3.05) is 0 Å². The van der Waals surface area contributed by atoms with Gasteiger partial charge in [-0.1, -0.05) is 12.1 Å². The second-order valence-corrected chi connectivity index (χ2v) is 8.30. The van der Waals surface area contributed by atoms with Crippen LogP contribution in [0.15, 0.2) is 10.9 Å². The third-order valence-corrected chi connectivity index (χ3v) is 4.61. The van der Waals surface area contributed by atoms with E-state index < -0.39 is 0 Å². The van der Waals surface area contributed by atoms with Gasteiger partial charge in [0.2, 0.25) is 0 Å². The summed E-state index contributed by atoms with van der Waals surface area (Å²) in [5.74, 6) is 0. The average Bonchev–Trinajstić information content (AvgIpc) is 1.97. The fourth-order valence-corrected chi connectivity index (χ4v) is 3.37. The largest absolute Gasteiger partial charge is 0.118 e. The second kappa shape index (κ2) is 7.71. The Kier molecular flexibility index (Phi) is 8.57. The van der Waals surface area contributed by atoms with Gasteiger partial charge in [0.05, 0.1) is 8.92 Å². The summed E-state index contributed by atoms with van der Waals surface area (Å²) >= 11 is 22.5. The van der Waals surface area contributed by atoms with E-state index in [0.29, 0.717) is 19.0 Å². The summed E-state index contributed by atoms with van der Waals surface area (Å²) in [6.07, 6.45) is 0.960. The maximum absolute atomic E-state index is 5.64. The van der Waals surface area contributed by atoms with Gasteiger partial charge in [-0.2, -0.15) is 0 Å². The molecule has 0 N–H and O–H groups in total. The maximum atomic E-state index is 5.64. The van der Waals surface area contributed by atoms with Crippen molar-refractivity contribution in [2.45, 2.75) is 22.3 Å². The highest BCUT2D eigenvalue weighted by Gasteiger charge is 2.05. The zero-order chi connectivity index (χ0) is 9.56. The zero-order valence-electron chi connectivity index (χ0n) is 6.45. The van der Waals surface area contributed by atoms with Crippen LogP contribution in [0.25, 0.3) is 0 Å². The molecule has 0 aliphatic rings. The van der Waals surface area contributed by atoms with Crippen LogP contribution in [0.5, 0.6) is 0 Å². The fraction of sp³-hybridized carbons (Fsp3) is 0.667. The van der Waals surface area contributed by atoms with Gasteiger partial charge >= 0.3 is 0 Å². The fourth-order valence-electron chi connectivity index (χ4n) is 0.550. The summed E-state index contributed by atoms with van der Waals surface area (Å²) in [5.41, 5.74) is 2.04. The second-order valence-electron chi connectivity index (χ2n) is 1.94. The Balaban J connectivity index is 3.87. The molecule has 0 aliphatic carbocycles. The number of hydrogen-bond acceptors (Lipinski definition) is 0. The van der Waals surface area contributed by atoms with E-state index in [1.54, 1.807) is 0 Å². The Morgan fingerprint density at radius 3 is 2.17 bits per heavy atom. The van der Waals surface area contributed by atoms with E-state index >= 15 is 0 Å². The molecule has 0 unspecified atom stereocenters. The Hall–Kier alpha value is 1.33. The number of halogens is 4. The molecule has 0 nitrogen and oxygen atoms in total. The average molecular weight is 278 g/mol. The Morgan fingerprint density at radius 2 is 1.83 bits per heavy atom. The molecule has 0 aliphatic heterocycles. The third-order valence-electron chi connectivity index (χ3n) is 1.06. The molecule has 0 saturated carbocycles. The molecule has 0 fully saturated rings. The first-order chi connectivity index (χ1) is 5.56. The first-order valence-corrected chi connectivity index (χ1v) is 7.32. The zero-order valence-corrected chi connectivity index (χ0v) is 11.5. The highest BCUT2D eigenvalue weighted by atomic mass is 35.5. The lowest BCUT2D eigenvalue weighted by Crippen LogP contribution is -2.08. The van der Waals surface area contributed by atoms with Gasteiger partial charge < -0.3 is 0 Å². The topological polar surface area (TPSA) is 0 Å². The van der Waals surface area contributed by atoms with Crippen molar-refractivity contribution in [2.24, 2.45) is 0 Å². The van der Waals surface area contributed by atoms with E-state index in [0.717, 1.165) is 6.42 Å². The standard InChI is InChI=1S/C6H8Cl4Si2/c1-2-4(12-6(9)10)3-11-5(7)8/h3,5-6H,2H2,1H3. The predicted molar refractivity (Wildman–Crippen MR) is 60.9 cm³/mol. The Bertz CT molecular complexity index is 146. The predicted octanol–water partition coefficient (Wildman–Crippen LogP) is 3.17. The highest BCUT2D eigenvalue weighted by Crippen LogP contribution is 2.09. The summed E-state index contributed by atoms with van der Waals surface area (Å²) in [5, 5.41) is 1.25. The Morgan fingerprint density at radius 1 is 1.25 bits per heavy atom. The minimum atomic E-state index is -0.305. The molecule has 0 amide bonds. The van der Waals surface area contributed by atoms with Gasteiger partial charge in [0, 0.05) is 0 Å². The lowest BCUT2D eigenvalue weighted by molar-refractivity contribution is 1.19. The van der Waals surface area contributed by atoms with Crippen molar-refractivity contribution in [1.82, 2.24) is 0 Å². The molecule has 6 heteroatoms. The van der Waals surface area contributed by atoms with E-state index in [9.17, 15) is 0 Å². The smallest absolute Gasteiger partial charge is 0.110 e. The molecule has 0 saturated heterocycles. The quantitative estimate of drug-likeness (QED) is 0.535. The van der Waals surface area contributed by atoms with Gasteiger partial charge in [0.15, 0.2) is 0 Å². The SMILES string of the molecule is CCC(=C[Si]C(Cl)Cl)[Si]C(Cl)Cl. The molecule has 0 bridgehead atoms. The molecule has 0 rings (SSSR count). The van der Waals surface area contributed by atoms with Crippen LogP contribution in [0.1, 0.15) is 13.3 Å². The molecule has 0 aromatic carbocycles. The van der Waals surface area contributed by atoms with Crippen LogP contribution < -0.4 is 0 Å². The summed E-state index contributed by atoms with van der Waals surface area (Å²) in [6, 6.07) is 0. The van der Waals surface area contributed by atoms with Crippen LogP contribution in [-0.2, 0) is 0 Å². The number of hydrogen-bond donors (Lipinski definition) is 0. The maximum Gasteiger partial charge on any atom is 0.118 e. The normalized spacial score (nSPS) is 13.1. The lowest BCUT2D eigenvalue weighted by Gasteiger charge is -2.03. The monoisotopic (exact) mass is 276 g/mol. The minimum absolute atomic E-state index is 0.301. The van der Waals surface area contributed by atoms with Crippen molar-refractivity contribution in [3.05, 3.63) is 10.9 Å². The molecule has 0 aromatic heterocycles. The van der Waals surface area contributed by atoms with Crippen molar-refractivity contribution >= 4 is 65.4 Å². The summed E-state index contributed by atoms with van der Waals surface area (Å²) in [6.45, 7) is 2.07. The van der Waals surface area contributed by atoms with E-state index in [4.69, 9.17) is 46.4 Å². The minimum Gasteiger partial charge on any atom is -0.110 e. The molecule has 68 valence electrons. The number of alkyl halides is 4. The van der Waals surface area contributed by atoms with Crippen LogP contribution in [0.4, 0.5) is 0 Å². The summed E-state index contributed by atoms with van der Waals surface area (Å²) in [4.78, 5) is 0. The first-order valence-electron chi connectivity index (χ1n) is 3.34. The van der Waals surface area contributed by atoms with Crippen molar-refractivity contribution in [1.29, 1.82) is 0 Å². The van der Waals surface area contributed by atoms with E-state index in [1.807, 2.05) is 5.70 Å². The molecule has 4 radical (unpaired) electrons. The van der Waals surface area contributed by atoms with Gasteiger partial charge in [-0.3, -0.25) is 0 Å². The van der Waals surface area contributed by atoms with Crippen LogP contribution in [0.3, 0.4) is 0 Å². The molecule has 0 heterocycles. The lowest BCUT2D eigenvalue weighted by atomic mass is 10.5. The van der Waals surface area contributed by atoms with Gasteiger partial charge in [0.25, 0.3) is 0 Å². The van der Waals surface area contributed by atoms with Crippen LogP contribution in [0, 0.1) is 0 Å². The van der Waals surface area contributed by atoms with Crippen molar-refractivity contribution in [3.8, 4) is 0 Å². The van der Waals surface area contributed by atoms with Crippen molar-refractivity contribution < 1.29 is 0 Å². The molecule has 12 heavy (non-hydrogen) atoms. The third kappa shape index (κ3) is 7.96.